The Morgan fingerprint density at radius 2 is 1.49 bits per heavy atom. The van der Waals surface area contributed by atoms with Crippen molar-refractivity contribution in [3.05, 3.63) is 58.4 Å². The van der Waals surface area contributed by atoms with Crippen LogP contribution in [0.1, 0.15) is 79.9 Å². The molecule has 0 saturated carbocycles. The van der Waals surface area contributed by atoms with Gasteiger partial charge in [0.1, 0.15) is 18.3 Å². The average Bonchev–Trinajstić information content (AvgIpc) is 3.19. The van der Waals surface area contributed by atoms with E-state index in [-0.39, 0.29) is 35.0 Å². The summed E-state index contributed by atoms with van der Waals surface area (Å²) in [6, 6.07) is 11.8. The summed E-state index contributed by atoms with van der Waals surface area (Å²) in [7, 11) is 0. The number of fused-ring (bicyclic) bond motifs is 1. The van der Waals surface area contributed by atoms with E-state index >= 15 is 0 Å². The monoisotopic (exact) mass is 816 g/mol. The highest BCUT2D eigenvalue weighted by Crippen LogP contribution is 2.26. The van der Waals surface area contributed by atoms with Crippen LogP contribution in [0.4, 0.5) is 11.6 Å². The Labute approximate surface area is 338 Å². The average molecular weight is 817 g/mol. The second-order valence-electron chi connectivity index (χ2n) is 14.2. The van der Waals surface area contributed by atoms with Gasteiger partial charge in [0, 0.05) is 13.1 Å². The zero-order valence-electron chi connectivity index (χ0n) is 32.7. The van der Waals surface area contributed by atoms with E-state index in [2.05, 4.69) is 57.1 Å². The number of aromatic nitrogens is 2. The molecule has 1 unspecified atom stereocenters. The smallest absolute Gasteiger partial charge is 0.280 e. The molecule has 0 spiro atoms. The first-order chi connectivity index (χ1) is 27.3. The van der Waals surface area contributed by atoms with Gasteiger partial charge in [-0.2, -0.15) is 0 Å². The summed E-state index contributed by atoms with van der Waals surface area (Å²) in [6.45, 7) is 3.61. The van der Waals surface area contributed by atoms with Gasteiger partial charge in [0.25, 0.3) is 5.91 Å². The van der Waals surface area contributed by atoms with Crippen molar-refractivity contribution in [2.45, 2.75) is 102 Å². The van der Waals surface area contributed by atoms with Gasteiger partial charge in [0.05, 0.1) is 18.8 Å². The van der Waals surface area contributed by atoms with Crippen LogP contribution in [-0.2, 0) is 17.6 Å². The summed E-state index contributed by atoms with van der Waals surface area (Å²) in [5.41, 5.74) is 19.1. The Balaban J connectivity index is 1.49. The first kappa shape index (κ1) is 47.2. The SMILES string of the molecule is CCCCCCN(CCCNC(CCc1ccc(CCCCNC(=N)NC(=O)c2nc(Cl)c(N)nc2N)c2ccccc12)C(N)=O)C[C@@H](O)[C@H](O)[C@@H](O)[C@@H](O)CO. The lowest BCUT2D eigenvalue weighted by Gasteiger charge is -2.30. The number of nitrogens with zero attached hydrogens (tertiary/aromatic N) is 3. The van der Waals surface area contributed by atoms with Crippen molar-refractivity contribution in [1.82, 2.24) is 30.8 Å². The lowest BCUT2D eigenvalue weighted by Crippen LogP contribution is -2.50. The molecule has 2 amide bonds. The quantitative estimate of drug-likeness (QED) is 0.0303. The number of rotatable bonds is 26. The largest absolute Gasteiger partial charge is 0.394 e. The second-order valence-corrected chi connectivity index (χ2v) is 14.6. The van der Waals surface area contributed by atoms with Crippen molar-refractivity contribution in [3.63, 3.8) is 0 Å². The van der Waals surface area contributed by atoms with Gasteiger partial charge in [-0.3, -0.25) is 20.3 Å². The van der Waals surface area contributed by atoms with E-state index in [1.165, 1.54) is 5.56 Å². The van der Waals surface area contributed by atoms with Gasteiger partial charge >= 0.3 is 0 Å². The zero-order chi connectivity index (χ0) is 41.9. The maximum absolute atomic E-state index is 12.5. The molecular weight excluding hydrogens is 756 g/mol. The summed E-state index contributed by atoms with van der Waals surface area (Å²) in [5, 5.41) is 68.5. The zero-order valence-corrected chi connectivity index (χ0v) is 33.4. The van der Waals surface area contributed by atoms with Gasteiger partial charge in [0.15, 0.2) is 28.4 Å². The molecule has 0 aliphatic carbocycles. The van der Waals surface area contributed by atoms with Gasteiger partial charge in [-0.25, -0.2) is 9.97 Å². The summed E-state index contributed by atoms with van der Waals surface area (Å²) < 4.78 is 0. The fourth-order valence-electron chi connectivity index (χ4n) is 6.56. The Hall–Kier alpha value is -4.20. The molecule has 5 atom stereocenters. The summed E-state index contributed by atoms with van der Waals surface area (Å²) >= 11 is 5.85. The minimum absolute atomic E-state index is 0.0705. The van der Waals surface area contributed by atoms with Crippen LogP contribution in [0.2, 0.25) is 5.15 Å². The van der Waals surface area contributed by atoms with Crippen molar-refractivity contribution in [3.8, 4) is 0 Å². The number of amides is 2. The summed E-state index contributed by atoms with van der Waals surface area (Å²) in [4.78, 5) is 34.5. The number of nitrogen functional groups attached to an aromatic ring is 2. The maximum atomic E-state index is 12.5. The highest BCUT2D eigenvalue weighted by atomic mass is 35.5. The molecule has 57 heavy (non-hydrogen) atoms. The third-order valence-corrected chi connectivity index (χ3v) is 10.1. The van der Waals surface area contributed by atoms with Crippen LogP contribution in [0.15, 0.2) is 36.4 Å². The fourth-order valence-corrected chi connectivity index (χ4v) is 6.68. The number of nitrogens with one attached hydrogen (secondary N) is 4. The van der Waals surface area contributed by atoms with E-state index in [1.807, 2.05) is 17.0 Å². The molecule has 1 heterocycles. The number of anilines is 2. The lowest BCUT2D eigenvalue weighted by molar-refractivity contribution is -0.120. The molecule has 0 bridgehead atoms. The third kappa shape index (κ3) is 15.2. The molecule has 18 heteroatoms. The predicted molar refractivity (Wildman–Crippen MR) is 222 cm³/mol. The van der Waals surface area contributed by atoms with E-state index < -0.39 is 48.9 Å². The Morgan fingerprint density at radius 3 is 2.14 bits per heavy atom. The van der Waals surface area contributed by atoms with Crippen LogP contribution in [-0.4, -0.2) is 128 Å². The molecule has 0 aliphatic heterocycles. The van der Waals surface area contributed by atoms with E-state index in [1.54, 1.807) is 0 Å². The number of hydrogen-bond acceptors (Lipinski definition) is 14. The second kappa shape index (κ2) is 24.5. The number of halogens is 1. The molecule has 17 nitrogen and oxygen atoms in total. The highest BCUT2D eigenvalue weighted by molar-refractivity contribution is 6.31. The van der Waals surface area contributed by atoms with Crippen LogP contribution in [0.25, 0.3) is 10.8 Å². The number of unbranched alkanes of at least 4 members (excludes halogenated alkanes) is 4. The van der Waals surface area contributed by atoms with E-state index in [9.17, 15) is 30.0 Å². The van der Waals surface area contributed by atoms with E-state index in [4.69, 9.17) is 39.3 Å². The minimum Gasteiger partial charge on any atom is -0.394 e. The van der Waals surface area contributed by atoms with Crippen molar-refractivity contribution >= 4 is 51.8 Å². The molecule has 1 aromatic heterocycles. The summed E-state index contributed by atoms with van der Waals surface area (Å²) in [6.07, 6.45) is 1.93. The molecule has 3 rings (SSSR count). The van der Waals surface area contributed by atoms with Crippen molar-refractivity contribution in [1.29, 1.82) is 5.41 Å². The van der Waals surface area contributed by atoms with Gasteiger partial charge in [-0.15, -0.1) is 0 Å². The van der Waals surface area contributed by atoms with Gasteiger partial charge in [-0.1, -0.05) is 74.2 Å². The Bertz CT molecular complexity index is 1740. The number of benzene rings is 2. The summed E-state index contributed by atoms with van der Waals surface area (Å²) in [5.74, 6) is -1.67. The molecule has 0 saturated heterocycles. The number of aliphatic hydroxyl groups is 5. The van der Waals surface area contributed by atoms with E-state index in [0.29, 0.717) is 45.4 Å². The normalized spacial score (nSPS) is 14.2. The minimum atomic E-state index is -1.68. The van der Waals surface area contributed by atoms with Gasteiger partial charge in [-0.05, 0) is 86.5 Å². The molecule has 15 N–H and O–H groups in total. The van der Waals surface area contributed by atoms with Crippen LogP contribution in [0, 0.1) is 5.41 Å². The number of primary amides is 1. The van der Waals surface area contributed by atoms with Crippen LogP contribution in [0.3, 0.4) is 0 Å². The van der Waals surface area contributed by atoms with Crippen LogP contribution in [0.5, 0.6) is 0 Å². The Kier molecular flexibility index (Phi) is 20.3. The molecule has 3 aromatic rings. The number of carbonyl (C=O) groups is 2. The van der Waals surface area contributed by atoms with E-state index in [0.717, 1.165) is 61.3 Å². The van der Waals surface area contributed by atoms with Gasteiger partial charge in [0.2, 0.25) is 5.91 Å². The van der Waals surface area contributed by atoms with Crippen molar-refractivity contribution in [2.24, 2.45) is 5.73 Å². The lowest BCUT2D eigenvalue weighted by atomic mass is 9.93. The molecule has 2 aromatic carbocycles. The number of aryl methyl sites for hydroxylation is 2. The van der Waals surface area contributed by atoms with Crippen LogP contribution >= 0.6 is 11.6 Å². The fraction of sp³-hybridized carbons (Fsp3) is 0.564. The number of aliphatic hydroxyl groups excluding tert-OH is 5. The predicted octanol–water partition coefficient (Wildman–Crippen LogP) is 0.809. The first-order valence-corrected chi connectivity index (χ1v) is 19.9. The van der Waals surface area contributed by atoms with Crippen molar-refractivity contribution < 1.29 is 35.1 Å². The first-order valence-electron chi connectivity index (χ1n) is 19.6. The number of carbonyl (C=O) groups excluding carboxylic acids is 2. The highest BCUT2D eigenvalue weighted by Gasteiger charge is 2.31. The Morgan fingerprint density at radius 1 is 0.842 bits per heavy atom. The molecule has 0 radical (unpaired) electrons. The number of hydrogen-bond donors (Lipinski definition) is 12. The number of nitrogens with two attached hydrogens (primary N) is 3. The topological polar surface area (TPSA) is 302 Å². The molecular formula is C39H61ClN10O7. The molecule has 0 fully saturated rings. The standard InChI is InChI=1S/C39H61ClN10O7/c1-2-3-4-9-20-50(22-29(52)32(54)33(55)30(53)23-51)21-10-19-45-28(37(43)56)17-16-25-15-14-24(26-12-5-6-13-27(25)26)11-7-8-18-46-39(44)49-38(57)31-35(41)48-36(42)34(40)47-31/h5-6,12-15,28-30,32-33,45,51-55H,2-4,7-11,16-23H2,1H3,(H2,43,56)(H4,41,42,48)(H3,44,46,49,57)/t28?,29-,30+,32+,33+/m1/s1. The maximum Gasteiger partial charge on any atom is 0.280 e. The molecule has 316 valence electrons. The van der Waals surface area contributed by atoms with Gasteiger partial charge < -0.3 is 58.3 Å². The number of guanidine groups is 1. The molecule has 0 aliphatic rings. The van der Waals surface area contributed by atoms with Crippen molar-refractivity contribution in [2.75, 3.05) is 50.8 Å². The third-order valence-electron chi connectivity index (χ3n) is 9.82. The van der Waals surface area contributed by atoms with Crippen LogP contribution < -0.4 is 33.2 Å².